The molecule has 1 saturated heterocycles. The normalized spacial score (nSPS) is 15.7. The fraction of sp³-hybridized carbons (Fsp3) is 0.300. The zero-order valence-corrected chi connectivity index (χ0v) is 17.3. The molecule has 0 atom stereocenters. The molecule has 0 spiro atoms. The number of halogens is 3. The van der Waals surface area contributed by atoms with Crippen molar-refractivity contribution in [3.8, 4) is 11.1 Å². The molecular weight excluding hydrogens is 435 g/mol. The second kappa shape index (κ2) is 8.67. The summed E-state index contributed by atoms with van der Waals surface area (Å²) in [6.45, 7) is -1.16. The van der Waals surface area contributed by atoms with Crippen molar-refractivity contribution in [2.75, 3.05) is 31.5 Å². The molecule has 2 aromatic rings. The van der Waals surface area contributed by atoms with Crippen LogP contribution in [0.1, 0.15) is 6.92 Å². The minimum absolute atomic E-state index is 0.0526. The zero-order valence-electron chi connectivity index (χ0n) is 16.5. The molecular formula is C20H20F3N3O4S. The number of hydrogen-bond acceptors (Lipinski definition) is 4. The molecule has 1 fully saturated rings. The average molecular weight is 455 g/mol. The summed E-state index contributed by atoms with van der Waals surface area (Å²) in [7, 11) is -4.02. The lowest BCUT2D eigenvalue weighted by Gasteiger charge is -2.33. The van der Waals surface area contributed by atoms with E-state index in [-0.39, 0.29) is 23.9 Å². The van der Waals surface area contributed by atoms with E-state index in [0.717, 1.165) is 15.4 Å². The minimum atomic E-state index is -4.53. The Bertz CT molecular complexity index is 1070. The summed E-state index contributed by atoms with van der Waals surface area (Å²) in [5, 5.41) is 2.65. The van der Waals surface area contributed by atoms with Gasteiger partial charge in [-0.05, 0) is 35.4 Å². The smallest absolute Gasteiger partial charge is 0.331 e. The van der Waals surface area contributed by atoms with Crippen LogP contribution < -0.4 is 5.32 Å². The molecule has 1 heterocycles. The topological polar surface area (TPSA) is 86.8 Å². The molecule has 1 aliphatic rings. The third-order valence-electron chi connectivity index (χ3n) is 4.68. The Morgan fingerprint density at radius 2 is 1.55 bits per heavy atom. The van der Waals surface area contributed by atoms with Gasteiger partial charge in [-0.1, -0.05) is 24.3 Å². The summed E-state index contributed by atoms with van der Waals surface area (Å²) in [6, 6.07) is 12.9. The standard InChI is InChI=1S/C20H20F3N3O4S/c1-14(27)24-17-6-2-15(3-7-17)16-4-8-18(9-5-16)31(29,30)26-11-10-25(19(28)12-26)13-20(21,22)23/h2-9H,10-13H2,1H3,(H,24,27). The van der Waals surface area contributed by atoms with Crippen molar-refractivity contribution in [1.82, 2.24) is 9.21 Å². The molecule has 1 N–H and O–H groups in total. The van der Waals surface area contributed by atoms with Gasteiger partial charge in [-0.15, -0.1) is 0 Å². The van der Waals surface area contributed by atoms with Crippen LogP contribution in [0.3, 0.4) is 0 Å². The van der Waals surface area contributed by atoms with Gasteiger partial charge >= 0.3 is 6.18 Å². The Balaban J connectivity index is 1.71. The Kier molecular flexibility index (Phi) is 6.37. The molecule has 0 aliphatic carbocycles. The molecule has 2 amide bonds. The highest BCUT2D eigenvalue weighted by Crippen LogP contribution is 2.26. The number of sulfonamides is 1. The Morgan fingerprint density at radius 3 is 2.03 bits per heavy atom. The zero-order chi connectivity index (χ0) is 22.8. The average Bonchev–Trinajstić information content (AvgIpc) is 2.69. The minimum Gasteiger partial charge on any atom is -0.331 e. The third kappa shape index (κ3) is 5.61. The number of amides is 2. The van der Waals surface area contributed by atoms with Crippen LogP contribution in [0.4, 0.5) is 18.9 Å². The van der Waals surface area contributed by atoms with E-state index >= 15 is 0 Å². The Hall–Kier alpha value is -2.92. The maximum Gasteiger partial charge on any atom is 0.406 e. The van der Waals surface area contributed by atoms with Crippen molar-refractivity contribution >= 4 is 27.5 Å². The van der Waals surface area contributed by atoms with E-state index in [1.807, 2.05) is 0 Å². The van der Waals surface area contributed by atoms with Crippen LogP contribution in [0, 0.1) is 0 Å². The highest BCUT2D eigenvalue weighted by atomic mass is 32.2. The summed E-state index contributed by atoms with van der Waals surface area (Å²) in [5.41, 5.74) is 2.16. The summed E-state index contributed by atoms with van der Waals surface area (Å²) < 4.78 is 64.1. The third-order valence-corrected chi connectivity index (χ3v) is 6.54. The van der Waals surface area contributed by atoms with Crippen LogP contribution in [0.25, 0.3) is 11.1 Å². The van der Waals surface area contributed by atoms with Crippen molar-refractivity contribution in [2.24, 2.45) is 0 Å². The molecule has 7 nitrogen and oxygen atoms in total. The molecule has 31 heavy (non-hydrogen) atoms. The second-order valence-electron chi connectivity index (χ2n) is 7.05. The van der Waals surface area contributed by atoms with Gasteiger partial charge in [0.05, 0.1) is 11.4 Å². The van der Waals surface area contributed by atoms with Crippen LogP contribution in [0.15, 0.2) is 53.4 Å². The molecule has 3 rings (SSSR count). The fourth-order valence-electron chi connectivity index (χ4n) is 3.19. The molecule has 0 unspecified atom stereocenters. The first-order valence-corrected chi connectivity index (χ1v) is 10.7. The van der Waals surface area contributed by atoms with Crippen molar-refractivity contribution in [3.63, 3.8) is 0 Å². The molecule has 166 valence electrons. The number of alkyl halides is 3. The van der Waals surface area contributed by atoms with E-state index in [1.54, 1.807) is 36.4 Å². The van der Waals surface area contributed by atoms with Crippen LogP contribution >= 0.6 is 0 Å². The number of piperazine rings is 1. The van der Waals surface area contributed by atoms with Crippen molar-refractivity contribution in [3.05, 3.63) is 48.5 Å². The maximum absolute atomic E-state index is 12.8. The first-order valence-electron chi connectivity index (χ1n) is 9.28. The van der Waals surface area contributed by atoms with Crippen LogP contribution in [0.2, 0.25) is 0 Å². The molecule has 0 saturated carbocycles. The lowest BCUT2D eigenvalue weighted by molar-refractivity contribution is -0.164. The van der Waals surface area contributed by atoms with E-state index in [4.69, 9.17) is 0 Å². The van der Waals surface area contributed by atoms with Crippen molar-refractivity contribution in [1.29, 1.82) is 0 Å². The van der Waals surface area contributed by atoms with E-state index in [9.17, 15) is 31.2 Å². The van der Waals surface area contributed by atoms with Crippen molar-refractivity contribution in [2.45, 2.75) is 18.0 Å². The number of carbonyl (C=O) groups is 2. The quantitative estimate of drug-likeness (QED) is 0.751. The van der Waals surface area contributed by atoms with Gasteiger partial charge in [0.1, 0.15) is 6.54 Å². The molecule has 2 aromatic carbocycles. The summed E-state index contributed by atoms with van der Waals surface area (Å²) in [4.78, 5) is 23.6. The van der Waals surface area contributed by atoms with Gasteiger partial charge in [0.2, 0.25) is 21.8 Å². The van der Waals surface area contributed by atoms with Gasteiger partial charge < -0.3 is 10.2 Å². The number of hydrogen-bond donors (Lipinski definition) is 1. The van der Waals surface area contributed by atoms with E-state index in [0.29, 0.717) is 10.6 Å². The first kappa shape index (κ1) is 22.8. The number of rotatable bonds is 5. The Labute approximate surface area is 177 Å². The van der Waals surface area contributed by atoms with E-state index < -0.39 is 35.2 Å². The number of nitrogens with one attached hydrogen (secondary N) is 1. The van der Waals surface area contributed by atoms with Crippen LogP contribution in [-0.2, 0) is 19.6 Å². The van der Waals surface area contributed by atoms with Gasteiger partial charge in [-0.25, -0.2) is 8.42 Å². The van der Waals surface area contributed by atoms with Gasteiger partial charge in [-0.3, -0.25) is 9.59 Å². The first-order chi connectivity index (χ1) is 14.5. The number of carbonyl (C=O) groups excluding carboxylic acids is 2. The van der Waals surface area contributed by atoms with E-state index in [1.165, 1.54) is 19.1 Å². The summed E-state index contributed by atoms with van der Waals surface area (Å²) in [5.74, 6) is -1.08. The number of anilines is 1. The van der Waals surface area contributed by atoms with Crippen LogP contribution in [0.5, 0.6) is 0 Å². The van der Waals surface area contributed by atoms with E-state index in [2.05, 4.69) is 5.32 Å². The van der Waals surface area contributed by atoms with Gasteiger partial charge in [0.15, 0.2) is 0 Å². The highest BCUT2D eigenvalue weighted by molar-refractivity contribution is 7.89. The Morgan fingerprint density at radius 1 is 1.00 bits per heavy atom. The monoisotopic (exact) mass is 455 g/mol. The molecule has 0 bridgehead atoms. The van der Waals surface area contributed by atoms with Gasteiger partial charge in [0, 0.05) is 25.7 Å². The van der Waals surface area contributed by atoms with Crippen molar-refractivity contribution < 1.29 is 31.2 Å². The largest absolute Gasteiger partial charge is 0.406 e. The maximum atomic E-state index is 12.8. The lowest BCUT2D eigenvalue weighted by atomic mass is 10.1. The highest BCUT2D eigenvalue weighted by Gasteiger charge is 2.38. The van der Waals surface area contributed by atoms with Gasteiger partial charge in [-0.2, -0.15) is 17.5 Å². The SMILES string of the molecule is CC(=O)Nc1ccc(-c2ccc(S(=O)(=O)N3CCN(CC(F)(F)F)C(=O)C3)cc2)cc1. The second-order valence-corrected chi connectivity index (χ2v) is 8.99. The number of benzene rings is 2. The molecule has 0 aromatic heterocycles. The number of nitrogens with zero attached hydrogens (tertiary/aromatic N) is 2. The fourth-order valence-corrected chi connectivity index (χ4v) is 4.57. The van der Waals surface area contributed by atoms with Crippen LogP contribution in [-0.4, -0.2) is 61.8 Å². The van der Waals surface area contributed by atoms with Gasteiger partial charge in [0.25, 0.3) is 0 Å². The summed E-state index contributed by atoms with van der Waals surface area (Å²) >= 11 is 0. The molecule has 0 radical (unpaired) electrons. The predicted molar refractivity (Wildman–Crippen MR) is 108 cm³/mol. The summed E-state index contributed by atoms with van der Waals surface area (Å²) in [6.07, 6.45) is -4.53. The lowest BCUT2D eigenvalue weighted by Crippen LogP contribution is -2.54. The molecule has 11 heteroatoms. The molecule has 1 aliphatic heterocycles. The predicted octanol–water partition coefficient (Wildman–Crippen LogP) is 2.71.